The molecular weight excluding hydrogens is 270 g/mol. The Morgan fingerprint density at radius 1 is 1.00 bits per heavy atom. The lowest BCUT2D eigenvalue weighted by atomic mass is 10.1. The molecule has 0 aliphatic carbocycles. The molecule has 0 spiro atoms. The number of nitrogens with zero attached hydrogens (tertiary/aromatic N) is 3. The van der Waals surface area contributed by atoms with Gasteiger partial charge < -0.3 is 0 Å². The van der Waals surface area contributed by atoms with Gasteiger partial charge in [0, 0.05) is 24.0 Å². The Balaban J connectivity index is 1.84. The monoisotopic (exact) mass is 291 g/mol. The number of hydrazine groups is 1. The van der Waals surface area contributed by atoms with Gasteiger partial charge in [0.05, 0.1) is 5.36 Å². The van der Waals surface area contributed by atoms with Crippen LogP contribution in [-0.4, -0.2) is 22.6 Å². The number of hydrogen-bond donors (Lipinski definition) is 0. The van der Waals surface area contributed by atoms with Gasteiger partial charge in [0.1, 0.15) is 0 Å². The van der Waals surface area contributed by atoms with Crippen LogP contribution in [-0.2, 0) is 0 Å². The second kappa shape index (κ2) is 5.58. The molecule has 2 aliphatic heterocycles. The van der Waals surface area contributed by atoms with Crippen LogP contribution < -0.4 is 10.6 Å². The van der Waals surface area contributed by atoms with Crippen molar-refractivity contribution in [1.82, 2.24) is 10.0 Å². The second-order valence-corrected chi connectivity index (χ2v) is 6.14. The lowest BCUT2D eigenvalue weighted by Gasteiger charge is -2.39. The van der Waals surface area contributed by atoms with E-state index >= 15 is 0 Å². The van der Waals surface area contributed by atoms with Crippen molar-refractivity contribution in [3.8, 4) is 0 Å². The molecule has 0 N–H and O–H groups in total. The first-order valence-corrected chi connectivity index (χ1v) is 8.07. The molecule has 0 radical (unpaired) electrons. The number of para-hydroxylation sites is 1. The van der Waals surface area contributed by atoms with Crippen LogP contribution in [0.15, 0.2) is 59.6 Å². The Morgan fingerprint density at radius 3 is 2.55 bits per heavy atom. The lowest BCUT2D eigenvalue weighted by Crippen LogP contribution is -2.48. The third-order valence-corrected chi connectivity index (χ3v) is 4.63. The maximum absolute atomic E-state index is 5.03. The highest BCUT2D eigenvalue weighted by molar-refractivity contribution is 5.30. The summed E-state index contributed by atoms with van der Waals surface area (Å²) in [6.07, 6.45) is 4.82. The van der Waals surface area contributed by atoms with Crippen LogP contribution in [0.1, 0.15) is 31.5 Å². The van der Waals surface area contributed by atoms with E-state index in [2.05, 4.69) is 77.7 Å². The van der Waals surface area contributed by atoms with Gasteiger partial charge in [-0.1, -0.05) is 48.5 Å². The van der Waals surface area contributed by atoms with Crippen molar-refractivity contribution >= 4 is 6.20 Å². The summed E-state index contributed by atoms with van der Waals surface area (Å²) in [4.78, 5) is 5.03. The predicted octanol–water partition coefficient (Wildman–Crippen LogP) is 2.46. The van der Waals surface area contributed by atoms with Crippen molar-refractivity contribution in [2.75, 3.05) is 6.54 Å². The fraction of sp³-hybridized carbons (Fsp3) is 0.316. The predicted molar refractivity (Wildman–Crippen MR) is 88.1 cm³/mol. The van der Waals surface area contributed by atoms with Crippen molar-refractivity contribution in [3.63, 3.8) is 0 Å². The summed E-state index contributed by atoms with van der Waals surface area (Å²) in [5.41, 5.74) is 1.24. The zero-order valence-electron chi connectivity index (χ0n) is 12.9. The molecule has 0 saturated carbocycles. The van der Waals surface area contributed by atoms with E-state index < -0.39 is 0 Å². The van der Waals surface area contributed by atoms with Crippen LogP contribution >= 0.6 is 0 Å². The first-order valence-electron chi connectivity index (χ1n) is 8.07. The van der Waals surface area contributed by atoms with E-state index in [4.69, 9.17) is 4.99 Å². The normalized spacial score (nSPS) is 24.5. The molecule has 112 valence electrons. The molecule has 1 saturated heterocycles. The molecule has 1 fully saturated rings. The molecule has 0 aromatic heterocycles. The Kier molecular flexibility index (Phi) is 3.43. The molecule has 3 heteroatoms. The maximum atomic E-state index is 5.03. The molecule has 3 nitrogen and oxygen atoms in total. The van der Waals surface area contributed by atoms with Crippen LogP contribution in [0.5, 0.6) is 0 Å². The van der Waals surface area contributed by atoms with Gasteiger partial charge in [0.25, 0.3) is 0 Å². The lowest BCUT2D eigenvalue weighted by molar-refractivity contribution is -0.00592. The van der Waals surface area contributed by atoms with Gasteiger partial charge in [-0.25, -0.2) is 5.01 Å². The molecule has 0 bridgehead atoms. The van der Waals surface area contributed by atoms with Gasteiger partial charge in [-0.3, -0.25) is 10.0 Å². The molecule has 1 unspecified atom stereocenters. The molecule has 2 aromatic carbocycles. The summed E-state index contributed by atoms with van der Waals surface area (Å²) in [5, 5.41) is 7.10. The Labute approximate surface area is 131 Å². The van der Waals surface area contributed by atoms with Crippen LogP contribution in [0.2, 0.25) is 0 Å². The molecule has 2 aliphatic rings. The number of benzene rings is 2. The van der Waals surface area contributed by atoms with Gasteiger partial charge in [-0.05, 0) is 31.4 Å². The Morgan fingerprint density at radius 2 is 1.77 bits per heavy atom. The number of rotatable bonds is 2. The first kappa shape index (κ1) is 13.5. The van der Waals surface area contributed by atoms with Crippen LogP contribution in [0, 0.1) is 0 Å². The Bertz CT molecular complexity index is 769. The summed E-state index contributed by atoms with van der Waals surface area (Å²) in [6, 6.07) is 19.6. The van der Waals surface area contributed by atoms with E-state index in [9.17, 15) is 0 Å². The van der Waals surface area contributed by atoms with Crippen LogP contribution in [0.25, 0.3) is 6.20 Å². The first-order chi connectivity index (χ1) is 10.8. The van der Waals surface area contributed by atoms with Crippen molar-refractivity contribution in [2.24, 2.45) is 4.99 Å². The summed E-state index contributed by atoms with van der Waals surface area (Å²) in [6.45, 7) is 3.42. The highest BCUT2D eigenvalue weighted by Crippen LogP contribution is 2.30. The van der Waals surface area contributed by atoms with Crippen LogP contribution in [0.3, 0.4) is 0 Å². The van der Waals surface area contributed by atoms with E-state index in [1.54, 1.807) is 0 Å². The van der Waals surface area contributed by atoms with Gasteiger partial charge in [-0.15, -0.1) is 0 Å². The van der Waals surface area contributed by atoms with E-state index in [1.807, 2.05) is 0 Å². The highest BCUT2D eigenvalue weighted by Gasteiger charge is 2.30. The van der Waals surface area contributed by atoms with Gasteiger partial charge in [-0.2, -0.15) is 0 Å². The van der Waals surface area contributed by atoms with E-state index in [0.717, 1.165) is 11.9 Å². The summed E-state index contributed by atoms with van der Waals surface area (Å²) < 4.78 is 0. The quantitative estimate of drug-likeness (QED) is 0.846. The molecule has 4 rings (SSSR count). The number of hydrogen-bond acceptors (Lipinski definition) is 3. The van der Waals surface area contributed by atoms with Gasteiger partial charge >= 0.3 is 0 Å². The maximum Gasteiger partial charge on any atom is 0.161 e. The summed E-state index contributed by atoms with van der Waals surface area (Å²) >= 11 is 0. The molecule has 2 atom stereocenters. The van der Waals surface area contributed by atoms with E-state index in [0.29, 0.717) is 6.04 Å². The average molecular weight is 291 g/mol. The number of fused-ring (bicyclic) bond motifs is 1. The summed E-state index contributed by atoms with van der Waals surface area (Å²) in [5.74, 6) is 0. The molecule has 22 heavy (non-hydrogen) atoms. The summed E-state index contributed by atoms with van der Waals surface area (Å²) in [7, 11) is 0. The van der Waals surface area contributed by atoms with Crippen molar-refractivity contribution in [3.05, 3.63) is 70.7 Å². The molecular formula is C19H21N3. The fourth-order valence-corrected chi connectivity index (χ4v) is 3.45. The largest absolute Gasteiger partial charge is 0.284 e. The van der Waals surface area contributed by atoms with E-state index in [1.165, 1.54) is 23.6 Å². The minimum absolute atomic E-state index is 0.0386. The minimum atomic E-state index is 0.0386. The zero-order chi connectivity index (χ0) is 14.9. The van der Waals surface area contributed by atoms with E-state index in [-0.39, 0.29) is 6.17 Å². The standard InChI is InChI=1S/C19H21N3/c1-15-8-7-13-21(15)22-14-17-11-5-6-12-18(17)20-19(22)16-9-3-2-4-10-16/h2-6,9-12,14-15,19H,7-8,13H2,1H3/t15?,19-/m0/s1. The minimum Gasteiger partial charge on any atom is -0.284 e. The molecule has 0 amide bonds. The van der Waals surface area contributed by atoms with Gasteiger partial charge in [0.2, 0.25) is 0 Å². The van der Waals surface area contributed by atoms with Crippen molar-refractivity contribution in [2.45, 2.75) is 32.0 Å². The third kappa shape index (κ3) is 2.32. The SMILES string of the molecule is CC1CCCN1N1C=c2ccccc2=N[C@@H]1c1ccccc1. The fourth-order valence-electron chi connectivity index (χ4n) is 3.45. The zero-order valence-corrected chi connectivity index (χ0v) is 12.9. The van der Waals surface area contributed by atoms with Gasteiger partial charge in [0.15, 0.2) is 6.17 Å². The van der Waals surface area contributed by atoms with Crippen LogP contribution in [0.4, 0.5) is 0 Å². The topological polar surface area (TPSA) is 18.8 Å². The molecule has 2 heterocycles. The Hall–Kier alpha value is -2.13. The second-order valence-electron chi connectivity index (χ2n) is 6.14. The third-order valence-electron chi connectivity index (χ3n) is 4.63. The smallest absolute Gasteiger partial charge is 0.161 e. The highest BCUT2D eigenvalue weighted by atomic mass is 15.7. The van der Waals surface area contributed by atoms with Crippen molar-refractivity contribution < 1.29 is 0 Å². The molecule has 2 aromatic rings. The van der Waals surface area contributed by atoms with Crippen molar-refractivity contribution in [1.29, 1.82) is 0 Å². The average Bonchev–Trinajstić information content (AvgIpc) is 3.00.